The van der Waals surface area contributed by atoms with Gasteiger partial charge in [0.15, 0.2) is 11.4 Å². The van der Waals surface area contributed by atoms with Crippen molar-refractivity contribution in [3.63, 3.8) is 0 Å². The maximum atomic E-state index is 12.2. The van der Waals surface area contributed by atoms with Crippen LogP contribution in [0.2, 0.25) is 0 Å². The summed E-state index contributed by atoms with van der Waals surface area (Å²) in [5.74, 6) is 0.553. The Morgan fingerprint density at radius 2 is 2.20 bits per heavy atom. The second-order valence-electron chi connectivity index (χ2n) is 5.54. The summed E-state index contributed by atoms with van der Waals surface area (Å²) in [7, 11) is 1.81. The van der Waals surface area contributed by atoms with Crippen LogP contribution in [0.25, 0.3) is 22.6 Å². The minimum absolute atomic E-state index is 0.00684. The van der Waals surface area contributed by atoms with Crippen LogP contribution in [-0.4, -0.2) is 25.9 Å². The number of hydrogen-bond acceptors (Lipinski definition) is 7. The minimum Gasteiger partial charge on any atom is -0.461 e. The molecule has 126 valence electrons. The van der Waals surface area contributed by atoms with Crippen molar-refractivity contribution < 1.29 is 18.5 Å². The molecule has 0 fully saturated rings. The Kier molecular flexibility index (Phi) is 3.57. The zero-order valence-electron chi connectivity index (χ0n) is 13.6. The predicted molar refractivity (Wildman–Crippen MR) is 86.6 cm³/mol. The topological polar surface area (TPSA) is 96.2 Å². The molecule has 0 aromatic carbocycles. The van der Waals surface area contributed by atoms with Gasteiger partial charge in [-0.05, 0) is 25.1 Å². The molecule has 0 saturated carbocycles. The molecular weight excluding hydrogens is 324 g/mol. The standard InChI is InChI=1S/C17H14N4O4/c1-10-13-6-11(8-18-16(13)21(2)19-10)17(22)24-9-12-7-15(25-20-12)14-4-3-5-23-14/h3-8H,9H2,1-2H3. The quantitative estimate of drug-likeness (QED) is 0.528. The Morgan fingerprint density at radius 1 is 1.32 bits per heavy atom. The van der Waals surface area contributed by atoms with Gasteiger partial charge in [0, 0.05) is 24.7 Å². The van der Waals surface area contributed by atoms with Gasteiger partial charge in [0.2, 0.25) is 5.76 Å². The van der Waals surface area contributed by atoms with E-state index in [0.717, 1.165) is 11.1 Å². The zero-order chi connectivity index (χ0) is 17.4. The van der Waals surface area contributed by atoms with Gasteiger partial charge in [-0.1, -0.05) is 5.16 Å². The summed E-state index contributed by atoms with van der Waals surface area (Å²) < 4.78 is 17.3. The van der Waals surface area contributed by atoms with E-state index >= 15 is 0 Å². The third-order valence-electron chi connectivity index (χ3n) is 3.77. The largest absolute Gasteiger partial charge is 0.461 e. The number of esters is 1. The maximum absolute atomic E-state index is 12.2. The number of aryl methyl sites for hydroxylation is 2. The fourth-order valence-electron chi connectivity index (χ4n) is 2.56. The Hall–Kier alpha value is -3.42. The van der Waals surface area contributed by atoms with Gasteiger partial charge < -0.3 is 13.7 Å². The molecule has 25 heavy (non-hydrogen) atoms. The number of aromatic nitrogens is 4. The van der Waals surface area contributed by atoms with Crippen LogP contribution in [0.15, 0.2) is 45.7 Å². The summed E-state index contributed by atoms with van der Waals surface area (Å²) >= 11 is 0. The van der Waals surface area contributed by atoms with Gasteiger partial charge >= 0.3 is 5.97 Å². The van der Waals surface area contributed by atoms with Crippen LogP contribution in [0, 0.1) is 6.92 Å². The second-order valence-corrected chi connectivity index (χ2v) is 5.54. The average molecular weight is 338 g/mol. The highest BCUT2D eigenvalue weighted by molar-refractivity contribution is 5.93. The number of furan rings is 1. The molecule has 0 bridgehead atoms. The van der Waals surface area contributed by atoms with Gasteiger partial charge in [0.05, 0.1) is 17.5 Å². The van der Waals surface area contributed by atoms with E-state index in [2.05, 4.69) is 15.2 Å². The van der Waals surface area contributed by atoms with E-state index in [-0.39, 0.29) is 6.61 Å². The van der Waals surface area contributed by atoms with Crippen molar-refractivity contribution in [1.82, 2.24) is 19.9 Å². The smallest absolute Gasteiger partial charge is 0.340 e. The minimum atomic E-state index is -0.486. The summed E-state index contributed by atoms with van der Waals surface area (Å²) in [5, 5.41) is 8.96. The fraction of sp³-hybridized carbons (Fsp3) is 0.176. The van der Waals surface area contributed by atoms with Crippen molar-refractivity contribution in [3.8, 4) is 11.5 Å². The lowest BCUT2D eigenvalue weighted by atomic mass is 10.2. The van der Waals surface area contributed by atoms with Crippen molar-refractivity contribution in [2.24, 2.45) is 7.05 Å². The SMILES string of the molecule is Cc1nn(C)c2ncc(C(=O)OCc3cc(-c4ccco4)on3)cc12. The number of hydrogen-bond donors (Lipinski definition) is 0. The van der Waals surface area contributed by atoms with E-state index in [4.69, 9.17) is 13.7 Å². The highest BCUT2D eigenvalue weighted by Crippen LogP contribution is 2.21. The number of nitrogens with zero attached hydrogens (tertiary/aromatic N) is 4. The van der Waals surface area contributed by atoms with Crippen LogP contribution in [0.1, 0.15) is 21.7 Å². The molecule has 4 rings (SSSR count). The van der Waals surface area contributed by atoms with Crippen LogP contribution < -0.4 is 0 Å². The molecular formula is C17H14N4O4. The van der Waals surface area contributed by atoms with Crippen molar-refractivity contribution >= 4 is 17.0 Å². The van der Waals surface area contributed by atoms with Gasteiger partial charge in [-0.2, -0.15) is 5.10 Å². The molecule has 0 aliphatic carbocycles. The summed E-state index contributed by atoms with van der Waals surface area (Å²) in [6, 6.07) is 6.90. The maximum Gasteiger partial charge on any atom is 0.340 e. The first-order valence-electron chi connectivity index (χ1n) is 7.58. The number of rotatable bonds is 4. The number of carbonyl (C=O) groups excluding carboxylic acids is 1. The van der Waals surface area contributed by atoms with E-state index < -0.39 is 5.97 Å². The molecule has 8 nitrogen and oxygen atoms in total. The van der Waals surface area contributed by atoms with Crippen molar-refractivity contribution in [3.05, 3.63) is 53.7 Å². The van der Waals surface area contributed by atoms with Crippen LogP contribution in [0.4, 0.5) is 0 Å². The molecule has 0 spiro atoms. The van der Waals surface area contributed by atoms with Gasteiger partial charge in [0.1, 0.15) is 12.3 Å². The van der Waals surface area contributed by atoms with Crippen LogP contribution in [0.3, 0.4) is 0 Å². The molecule has 8 heteroatoms. The highest BCUT2D eigenvalue weighted by atomic mass is 16.5. The first kappa shape index (κ1) is 15.1. The molecule has 4 aromatic heterocycles. The Morgan fingerprint density at radius 3 is 3.00 bits per heavy atom. The molecule has 4 heterocycles. The first-order valence-corrected chi connectivity index (χ1v) is 7.58. The molecule has 0 N–H and O–H groups in total. The lowest BCUT2D eigenvalue weighted by molar-refractivity contribution is 0.0464. The van der Waals surface area contributed by atoms with E-state index in [9.17, 15) is 4.79 Å². The van der Waals surface area contributed by atoms with Gasteiger partial charge in [0.25, 0.3) is 0 Å². The molecule has 0 saturated heterocycles. The summed E-state index contributed by atoms with van der Waals surface area (Å²) in [4.78, 5) is 16.5. The fourth-order valence-corrected chi connectivity index (χ4v) is 2.56. The van der Waals surface area contributed by atoms with E-state index in [0.29, 0.717) is 28.4 Å². The average Bonchev–Trinajstić information content (AvgIpc) is 3.34. The van der Waals surface area contributed by atoms with Crippen molar-refractivity contribution in [2.45, 2.75) is 13.5 Å². The first-order chi connectivity index (χ1) is 12.1. The molecule has 0 aliphatic rings. The molecule has 0 amide bonds. The Labute approximate surface area is 142 Å². The molecule has 0 aliphatic heterocycles. The van der Waals surface area contributed by atoms with Crippen LogP contribution in [-0.2, 0) is 18.4 Å². The summed E-state index contributed by atoms with van der Waals surface area (Å²) in [5.41, 5.74) is 2.37. The molecule has 0 radical (unpaired) electrons. The summed E-state index contributed by atoms with van der Waals surface area (Å²) in [6.45, 7) is 1.86. The number of ether oxygens (including phenoxy) is 1. The van der Waals surface area contributed by atoms with Crippen LogP contribution in [0.5, 0.6) is 0 Å². The monoisotopic (exact) mass is 338 g/mol. The number of pyridine rings is 1. The van der Waals surface area contributed by atoms with Crippen molar-refractivity contribution in [2.75, 3.05) is 0 Å². The third kappa shape index (κ3) is 2.78. The van der Waals surface area contributed by atoms with E-state index in [1.165, 1.54) is 6.20 Å². The lowest BCUT2D eigenvalue weighted by Gasteiger charge is -2.02. The second kappa shape index (κ2) is 5.90. The zero-order valence-corrected chi connectivity index (χ0v) is 13.6. The van der Waals surface area contributed by atoms with Crippen LogP contribution >= 0.6 is 0 Å². The van der Waals surface area contributed by atoms with Gasteiger partial charge in [-0.3, -0.25) is 4.68 Å². The highest BCUT2D eigenvalue weighted by Gasteiger charge is 2.15. The lowest BCUT2D eigenvalue weighted by Crippen LogP contribution is -2.06. The van der Waals surface area contributed by atoms with Crippen molar-refractivity contribution in [1.29, 1.82) is 0 Å². The normalized spacial score (nSPS) is 11.1. The Balaban J connectivity index is 1.48. The van der Waals surface area contributed by atoms with E-state index in [1.54, 1.807) is 35.2 Å². The molecule has 0 unspecified atom stereocenters. The van der Waals surface area contributed by atoms with E-state index in [1.807, 2.05) is 14.0 Å². The summed E-state index contributed by atoms with van der Waals surface area (Å²) in [6.07, 6.45) is 3.02. The third-order valence-corrected chi connectivity index (χ3v) is 3.77. The predicted octanol–water partition coefficient (Wildman–Crippen LogP) is 2.88. The van der Waals surface area contributed by atoms with Gasteiger partial charge in [-0.15, -0.1) is 0 Å². The van der Waals surface area contributed by atoms with Gasteiger partial charge in [-0.25, -0.2) is 9.78 Å². The molecule has 4 aromatic rings. The molecule has 0 atom stereocenters. The Bertz CT molecular complexity index is 1050. The number of carbonyl (C=O) groups is 1. The number of fused-ring (bicyclic) bond motifs is 1.